The van der Waals surface area contributed by atoms with Gasteiger partial charge in [0.1, 0.15) is 5.82 Å². The zero-order valence-corrected chi connectivity index (χ0v) is 12.5. The molecule has 1 aromatic carbocycles. The maximum atomic E-state index is 13.1. The Morgan fingerprint density at radius 2 is 2.20 bits per heavy atom. The molecule has 0 radical (unpaired) electrons. The Morgan fingerprint density at radius 1 is 1.40 bits per heavy atom. The fourth-order valence-electron chi connectivity index (χ4n) is 2.71. The molecule has 1 fully saturated rings. The molecule has 0 unspecified atom stereocenters. The molecular weight excluding hydrogens is 273 g/mol. The van der Waals surface area contributed by atoms with Gasteiger partial charge in [0.05, 0.1) is 10.2 Å². The van der Waals surface area contributed by atoms with E-state index in [-0.39, 0.29) is 5.82 Å². The standard InChI is InChI=1S/C15H20FN3S/c1-2-19-7-5-11(6-8-19)10-17-15-18-13-4-3-12(16)9-14(13)20-15/h3-4,9,11H,2,5-8,10H2,1H3,(H,17,18). The van der Waals surface area contributed by atoms with Crippen LogP contribution in [0.3, 0.4) is 0 Å². The fourth-order valence-corrected chi connectivity index (χ4v) is 3.61. The molecule has 3 rings (SSSR count). The Bertz CT molecular complexity index is 576. The summed E-state index contributed by atoms with van der Waals surface area (Å²) < 4.78 is 14.1. The summed E-state index contributed by atoms with van der Waals surface area (Å²) in [6, 6.07) is 4.76. The molecule has 0 bridgehead atoms. The lowest BCUT2D eigenvalue weighted by molar-refractivity contribution is 0.198. The van der Waals surface area contributed by atoms with Crippen molar-refractivity contribution in [3.05, 3.63) is 24.0 Å². The first kappa shape index (κ1) is 13.8. The minimum absolute atomic E-state index is 0.195. The number of thiazole rings is 1. The van der Waals surface area contributed by atoms with E-state index in [4.69, 9.17) is 0 Å². The van der Waals surface area contributed by atoms with Crippen molar-refractivity contribution in [2.45, 2.75) is 19.8 Å². The molecule has 0 saturated carbocycles. The summed E-state index contributed by atoms with van der Waals surface area (Å²) in [7, 11) is 0. The average molecular weight is 293 g/mol. The van der Waals surface area contributed by atoms with Crippen LogP contribution in [-0.2, 0) is 0 Å². The van der Waals surface area contributed by atoms with Crippen LogP contribution in [0.4, 0.5) is 9.52 Å². The van der Waals surface area contributed by atoms with Gasteiger partial charge in [-0.1, -0.05) is 18.3 Å². The van der Waals surface area contributed by atoms with Crippen molar-refractivity contribution in [1.29, 1.82) is 0 Å². The first-order valence-electron chi connectivity index (χ1n) is 7.27. The molecule has 3 nitrogen and oxygen atoms in total. The van der Waals surface area contributed by atoms with E-state index in [9.17, 15) is 4.39 Å². The lowest BCUT2D eigenvalue weighted by atomic mass is 9.97. The molecule has 2 heterocycles. The molecule has 108 valence electrons. The zero-order valence-electron chi connectivity index (χ0n) is 11.7. The lowest BCUT2D eigenvalue weighted by Crippen LogP contribution is -2.35. The third kappa shape index (κ3) is 3.10. The van der Waals surface area contributed by atoms with E-state index < -0.39 is 0 Å². The molecule has 0 spiro atoms. The van der Waals surface area contributed by atoms with Crippen LogP contribution in [0, 0.1) is 11.7 Å². The molecule has 1 aromatic heterocycles. The third-order valence-corrected chi connectivity index (χ3v) is 5.02. The quantitative estimate of drug-likeness (QED) is 0.934. The number of benzene rings is 1. The number of rotatable bonds is 4. The van der Waals surface area contributed by atoms with Crippen LogP contribution in [0.25, 0.3) is 10.2 Å². The number of halogens is 1. The molecule has 0 amide bonds. The second kappa shape index (κ2) is 6.06. The van der Waals surface area contributed by atoms with Crippen molar-refractivity contribution in [1.82, 2.24) is 9.88 Å². The average Bonchev–Trinajstić information content (AvgIpc) is 2.87. The summed E-state index contributed by atoms with van der Waals surface area (Å²) >= 11 is 1.53. The minimum atomic E-state index is -0.195. The summed E-state index contributed by atoms with van der Waals surface area (Å²) in [6.07, 6.45) is 2.50. The zero-order chi connectivity index (χ0) is 13.9. The highest BCUT2D eigenvalue weighted by atomic mass is 32.1. The van der Waals surface area contributed by atoms with E-state index in [1.54, 1.807) is 12.1 Å². The van der Waals surface area contributed by atoms with E-state index in [1.165, 1.54) is 43.3 Å². The summed E-state index contributed by atoms with van der Waals surface area (Å²) in [5.74, 6) is 0.529. The maximum absolute atomic E-state index is 13.1. The third-order valence-electron chi connectivity index (χ3n) is 4.05. The highest BCUT2D eigenvalue weighted by Gasteiger charge is 2.18. The van der Waals surface area contributed by atoms with Crippen LogP contribution in [0.1, 0.15) is 19.8 Å². The predicted octanol–water partition coefficient (Wildman–Crippen LogP) is 3.58. The van der Waals surface area contributed by atoms with Gasteiger partial charge in [-0.25, -0.2) is 9.37 Å². The number of piperidine rings is 1. The van der Waals surface area contributed by atoms with Gasteiger partial charge in [-0.2, -0.15) is 0 Å². The Hall–Kier alpha value is -1.20. The van der Waals surface area contributed by atoms with Crippen molar-refractivity contribution in [3.8, 4) is 0 Å². The van der Waals surface area contributed by atoms with E-state index in [2.05, 4.69) is 22.1 Å². The molecule has 1 aliphatic heterocycles. The highest BCUT2D eigenvalue weighted by molar-refractivity contribution is 7.22. The fraction of sp³-hybridized carbons (Fsp3) is 0.533. The van der Waals surface area contributed by atoms with Crippen molar-refractivity contribution in [2.75, 3.05) is 31.5 Å². The van der Waals surface area contributed by atoms with E-state index in [1.807, 2.05) is 0 Å². The lowest BCUT2D eigenvalue weighted by Gasteiger charge is -2.30. The minimum Gasteiger partial charge on any atom is -0.361 e. The molecule has 1 N–H and O–H groups in total. The Balaban J connectivity index is 1.57. The number of nitrogens with one attached hydrogen (secondary N) is 1. The molecule has 0 aliphatic carbocycles. The second-order valence-corrected chi connectivity index (χ2v) is 6.42. The number of aromatic nitrogens is 1. The van der Waals surface area contributed by atoms with Crippen LogP contribution in [0.2, 0.25) is 0 Å². The smallest absolute Gasteiger partial charge is 0.183 e. The Kier molecular flexibility index (Phi) is 4.17. The molecule has 2 aromatic rings. The SMILES string of the molecule is CCN1CCC(CNc2nc3ccc(F)cc3s2)CC1. The largest absolute Gasteiger partial charge is 0.361 e. The summed E-state index contributed by atoms with van der Waals surface area (Å²) in [6.45, 7) is 6.75. The van der Waals surface area contributed by atoms with Gasteiger partial charge in [0.15, 0.2) is 5.13 Å². The normalized spacial score (nSPS) is 17.7. The van der Waals surface area contributed by atoms with Gasteiger partial charge in [0.2, 0.25) is 0 Å². The van der Waals surface area contributed by atoms with Crippen molar-refractivity contribution < 1.29 is 4.39 Å². The van der Waals surface area contributed by atoms with Crippen LogP contribution in [0.5, 0.6) is 0 Å². The molecule has 1 saturated heterocycles. The number of fused-ring (bicyclic) bond motifs is 1. The molecular formula is C15H20FN3S. The van der Waals surface area contributed by atoms with Gasteiger partial charge in [0.25, 0.3) is 0 Å². The number of anilines is 1. The van der Waals surface area contributed by atoms with Gasteiger partial charge in [-0.05, 0) is 56.6 Å². The highest BCUT2D eigenvalue weighted by Crippen LogP contribution is 2.27. The van der Waals surface area contributed by atoms with Crippen LogP contribution in [-0.4, -0.2) is 36.1 Å². The van der Waals surface area contributed by atoms with E-state index in [0.29, 0.717) is 0 Å². The molecule has 20 heavy (non-hydrogen) atoms. The summed E-state index contributed by atoms with van der Waals surface area (Å²) in [5, 5.41) is 4.33. The second-order valence-electron chi connectivity index (χ2n) is 5.39. The van der Waals surface area contributed by atoms with E-state index >= 15 is 0 Å². The monoisotopic (exact) mass is 293 g/mol. The van der Waals surface area contributed by atoms with Crippen LogP contribution in [0.15, 0.2) is 18.2 Å². The first-order valence-corrected chi connectivity index (χ1v) is 8.08. The molecule has 5 heteroatoms. The topological polar surface area (TPSA) is 28.2 Å². The van der Waals surface area contributed by atoms with Gasteiger partial charge in [-0.3, -0.25) is 0 Å². The predicted molar refractivity (Wildman–Crippen MR) is 82.9 cm³/mol. The van der Waals surface area contributed by atoms with Gasteiger partial charge >= 0.3 is 0 Å². The van der Waals surface area contributed by atoms with Crippen LogP contribution >= 0.6 is 11.3 Å². The first-order chi connectivity index (χ1) is 9.74. The number of likely N-dealkylation sites (tertiary alicyclic amines) is 1. The van der Waals surface area contributed by atoms with Gasteiger partial charge < -0.3 is 10.2 Å². The number of hydrogen-bond donors (Lipinski definition) is 1. The Labute approximate surface area is 122 Å². The van der Waals surface area contributed by atoms with Gasteiger partial charge in [-0.15, -0.1) is 0 Å². The molecule has 1 aliphatic rings. The number of hydrogen-bond acceptors (Lipinski definition) is 4. The van der Waals surface area contributed by atoms with E-state index in [0.717, 1.165) is 34.4 Å². The molecule has 0 atom stereocenters. The number of nitrogens with zero attached hydrogens (tertiary/aromatic N) is 2. The Morgan fingerprint density at radius 3 is 2.95 bits per heavy atom. The maximum Gasteiger partial charge on any atom is 0.183 e. The van der Waals surface area contributed by atoms with Crippen LogP contribution < -0.4 is 5.32 Å². The van der Waals surface area contributed by atoms with Crippen molar-refractivity contribution >= 4 is 26.7 Å². The van der Waals surface area contributed by atoms with Crippen molar-refractivity contribution in [3.63, 3.8) is 0 Å². The summed E-state index contributed by atoms with van der Waals surface area (Å²) in [5.41, 5.74) is 0.875. The van der Waals surface area contributed by atoms with Gasteiger partial charge in [0, 0.05) is 6.54 Å². The summed E-state index contributed by atoms with van der Waals surface area (Å²) in [4.78, 5) is 7.00. The van der Waals surface area contributed by atoms with Crippen molar-refractivity contribution in [2.24, 2.45) is 5.92 Å².